The first kappa shape index (κ1) is 23.8. The third kappa shape index (κ3) is 5.90. The van der Waals surface area contributed by atoms with E-state index in [1.165, 1.54) is 6.92 Å². The summed E-state index contributed by atoms with van der Waals surface area (Å²) in [6, 6.07) is 7.62. The second-order valence-corrected chi connectivity index (χ2v) is 8.54. The highest BCUT2D eigenvalue weighted by molar-refractivity contribution is 5.84. The summed E-state index contributed by atoms with van der Waals surface area (Å²) in [6.07, 6.45) is 5.35. The molecule has 3 amide bonds. The monoisotopic (exact) mass is 441 g/mol. The van der Waals surface area contributed by atoms with Gasteiger partial charge in [-0.15, -0.1) is 0 Å². The molecule has 2 atom stereocenters. The zero-order valence-electron chi connectivity index (χ0n) is 19.5. The molecule has 0 aliphatic carbocycles. The molecule has 2 aliphatic rings. The van der Waals surface area contributed by atoms with Gasteiger partial charge in [0.1, 0.15) is 18.9 Å². The number of carbonyl (C=O) groups excluding carboxylic acids is 3. The number of amides is 3. The molecule has 2 bridgehead atoms. The molecule has 1 saturated heterocycles. The van der Waals surface area contributed by atoms with Crippen molar-refractivity contribution in [1.82, 2.24) is 14.7 Å². The molecule has 3 rings (SSSR count). The van der Waals surface area contributed by atoms with E-state index in [2.05, 4.69) is 6.08 Å². The van der Waals surface area contributed by atoms with Crippen LogP contribution in [0.1, 0.15) is 39.2 Å². The highest BCUT2D eigenvalue weighted by Crippen LogP contribution is 2.29. The Bertz CT molecular complexity index is 849. The topological polar surface area (TPSA) is 70.2 Å². The zero-order chi connectivity index (χ0) is 23.1. The van der Waals surface area contributed by atoms with Gasteiger partial charge in [-0.3, -0.25) is 14.4 Å². The van der Waals surface area contributed by atoms with Gasteiger partial charge in [0.05, 0.1) is 0 Å². The third-order valence-electron chi connectivity index (χ3n) is 6.54. The van der Waals surface area contributed by atoms with Gasteiger partial charge in [-0.1, -0.05) is 30.4 Å². The van der Waals surface area contributed by atoms with Gasteiger partial charge in [-0.25, -0.2) is 0 Å². The Morgan fingerprint density at radius 2 is 1.91 bits per heavy atom. The van der Waals surface area contributed by atoms with E-state index in [9.17, 15) is 14.4 Å². The normalized spacial score (nSPS) is 22.5. The van der Waals surface area contributed by atoms with E-state index in [1.807, 2.05) is 54.0 Å². The van der Waals surface area contributed by atoms with Crippen molar-refractivity contribution in [1.29, 1.82) is 0 Å². The van der Waals surface area contributed by atoms with Crippen molar-refractivity contribution in [2.75, 3.05) is 39.3 Å². The molecule has 1 aromatic rings. The lowest BCUT2D eigenvalue weighted by molar-refractivity contribution is -0.141. The SMILES string of the molecule is CCN(CC)C(=O)C[C@@H]1CCN2C[C@@H]1/C=C\COc1ccccc1CN(C(C)=O)CC2=O. The minimum Gasteiger partial charge on any atom is -0.489 e. The number of hydrogen-bond donors (Lipinski definition) is 0. The van der Waals surface area contributed by atoms with E-state index in [0.29, 0.717) is 51.5 Å². The van der Waals surface area contributed by atoms with Gasteiger partial charge >= 0.3 is 0 Å². The van der Waals surface area contributed by atoms with E-state index >= 15 is 0 Å². The quantitative estimate of drug-likeness (QED) is 0.674. The minimum absolute atomic E-state index is 0.0448. The molecule has 0 radical (unpaired) electrons. The molecular formula is C25H35N3O4. The lowest BCUT2D eigenvalue weighted by atomic mass is 9.82. The maximum atomic E-state index is 13.1. The van der Waals surface area contributed by atoms with Crippen molar-refractivity contribution in [3.8, 4) is 5.75 Å². The van der Waals surface area contributed by atoms with Crippen LogP contribution in [-0.4, -0.2) is 71.8 Å². The number of ether oxygens (including phenoxy) is 1. The molecule has 1 aromatic carbocycles. The van der Waals surface area contributed by atoms with Crippen LogP contribution in [0.5, 0.6) is 5.75 Å². The van der Waals surface area contributed by atoms with Crippen LogP contribution in [-0.2, 0) is 20.9 Å². The van der Waals surface area contributed by atoms with Crippen LogP contribution in [0.25, 0.3) is 0 Å². The smallest absolute Gasteiger partial charge is 0.242 e. The maximum absolute atomic E-state index is 13.1. The first-order valence-corrected chi connectivity index (χ1v) is 11.6. The summed E-state index contributed by atoms with van der Waals surface area (Å²) in [5.41, 5.74) is 0.879. The van der Waals surface area contributed by atoms with E-state index in [4.69, 9.17) is 4.74 Å². The number of carbonyl (C=O) groups is 3. The molecule has 0 N–H and O–H groups in total. The molecule has 0 saturated carbocycles. The number of nitrogens with zero attached hydrogens (tertiary/aromatic N) is 3. The number of hydrogen-bond acceptors (Lipinski definition) is 4. The summed E-state index contributed by atoms with van der Waals surface area (Å²) in [5.74, 6) is 0.958. The van der Waals surface area contributed by atoms with Gasteiger partial charge in [0.15, 0.2) is 0 Å². The standard InChI is InChI=1S/C25H35N3O4/c1-4-26(5-2)24(30)15-20-12-13-27-16-21(20)10-8-14-32-23-11-7-6-9-22(23)17-28(19(3)29)18-25(27)31/h6-11,20-21H,4-5,12-18H2,1-3H3/b10-8-/t20-,21-/m0/s1. The maximum Gasteiger partial charge on any atom is 0.242 e. The average molecular weight is 442 g/mol. The van der Waals surface area contributed by atoms with Crippen molar-refractivity contribution in [3.63, 3.8) is 0 Å². The van der Waals surface area contributed by atoms with Crippen molar-refractivity contribution in [3.05, 3.63) is 42.0 Å². The van der Waals surface area contributed by atoms with Gasteiger partial charge < -0.3 is 19.4 Å². The lowest BCUT2D eigenvalue weighted by Crippen LogP contribution is -2.48. The number of para-hydroxylation sites is 1. The Balaban J connectivity index is 1.82. The number of fused-ring (bicyclic) bond motifs is 3. The van der Waals surface area contributed by atoms with Gasteiger partial charge in [0.2, 0.25) is 17.7 Å². The number of piperidine rings is 1. The zero-order valence-corrected chi connectivity index (χ0v) is 19.5. The van der Waals surface area contributed by atoms with Crippen LogP contribution >= 0.6 is 0 Å². The molecule has 7 heteroatoms. The molecule has 1 fully saturated rings. The summed E-state index contributed by atoms with van der Waals surface area (Å²) in [5, 5.41) is 0. The second kappa shape index (κ2) is 11.2. The van der Waals surface area contributed by atoms with Gasteiger partial charge in [0, 0.05) is 51.6 Å². The van der Waals surface area contributed by atoms with Crippen LogP contribution in [0.15, 0.2) is 36.4 Å². The highest BCUT2D eigenvalue weighted by atomic mass is 16.5. The van der Waals surface area contributed by atoms with Crippen LogP contribution in [0.3, 0.4) is 0 Å². The van der Waals surface area contributed by atoms with Gasteiger partial charge in [0.25, 0.3) is 0 Å². The van der Waals surface area contributed by atoms with E-state index in [1.54, 1.807) is 4.90 Å². The van der Waals surface area contributed by atoms with E-state index in [0.717, 1.165) is 12.0 Å². The molecule has 0 spiro atoms. The van der Waals surface area contributed by atoms with Crippen LogP contribution < -0.4 is 4.74 Å². The fourth-order valence-corrected chi connectivity index (χ4v) is 4.55. The first-order chi connectivity index (χ1) is 15.4. The largest absolute Gasteiger partial charge is 0.489 e. The number of rotatable bonds is 4. The van der Waals surface area contributed by atoms with Gasteiger partial charge in [-0.2, -0.15) is 0 Å². The predicted octanol–water partition coefficient (Wildman–Crippen LogP) is 2.71. The van der Waals surface area contributed by atoms with Crippen LogP contribution in [0, 0.1) is 11.8 Å². The van der Waals surface area contributed by atoms with Gasteiger partial charge in [-0.05, 0) is 38.2 Å². The average Bonchev–Trinajstić information content (AvgIpc) is 2.79. The molecule has 0 aromatic heterocycles. The summed E-state index contributed by atoms with van der Waals surface area (Å²) in [6.45, 7) is 8.85. The second-order valence-electron chi connectivity index (χ2n) is 8.54. The molecule has 0 unspecified atom stereocenters. The fraction of sp³-hybridized carbons (Fsp3) is 0.560. The van der Waals surface area contributed by atoms with Crippen LogP contribution in [0.2, 0.25) is 0 Å². The van der Waals surface area contributed by atoms with Crippen molar-refractivity contribution >= 4 is 17.7 Å². The Labute approximate surface area is 191 Å². The molecule has 2 aliphatic heterocycles. The molecular weight excluding hydrogens is 406 g/mol. The van der Waals surface area contributed by atoms with E-state index in [-0.39, 0.29) is 36.1 Å². The summed E-state index contributed by atoms with van der Waals surface area (Å²) >= 11 is 0. The Morgan fingerprint density at radius 1 is 1.16 bits per heavy atom. The molecule has 2 heterocycles. The molecule has 7 nitrogen and oxygen atoms in total. The lowest BCUT2D eigenvalue weighted by Gasteiger charge is -2.38. The third-order valence-corrected chi connectivity index (χ3v) is 6.54. The molecule has 32 heavy (non-hydrogen) atoms. The van der Waals surface area contributed by atoms with Crippen molar-refractivity contribution < 1.29 is 19.1 Å². The van der Waals surface area contributed by atoms with Crippen LogP contribution in [0.4, 0.5) is 0 Å². The Hall–Kier alpha value is -2.83. The Kier molecular flexibility index (Phi) is 8.31. The summed E-state index contributed by atoms with van der Waals surface area (Å²) in [7, 11) is 0. The predicted molar refractivity (Wildman–Crippen MR) is 123 cm³/mol. The minimum atomic E-state index is -0.141. The Morgan fingerprint density at radius 3 is 2.62 bits per heavy atom. The number of benzene rings is 1. The van der Waals surface area contributed by atoms with Crippen molar-refractivity contribution in [2.24, 2.45) is 11.8 Å². The summed E-state index contributed by atoms with van der Waals surface area (Å²) in [4.78, 5) is 43.4. The fourth-order valence-electron chi connectivity index (χ4n) is 4.55. The van der Waals surface area contributed by atoms with Crippen molar-refractivity contribution in [2.45, 2.75) is 40.2 Å². The highest BCUT2D eigenvalue weighted by Gasteiger charge is 2.33. The first-order valence-electron chi connectivity index (χ1n) is 11.6. The van der Waals surface area contributed by atoms with E-state index < -0.39 is 0 Å². The summed E-state index contributed by atoms with van der Waals surface area (Å²) < 4.78 is 5.98. The molecule has 174 valence electrons.